The van der Waals surface area contributed by atoms with E-state index in [2.05, 4.69) is 75.0 Å². The largest absolute Gasteiger partial charge is 0.382 e. The summed E-state index contributed by atoms with van der Waals surface area (Å²) in [5.41, 5.74) is 9.45. The predicted octanol–water partition coefficient (Wildman–Crippen LogP) is 3.93. The van der Waals surface area contributed by atoms with E-state index in [1.54, 1.807) is 6.33 Å². The lowest BCUT2D eigenvalue weighted by Gasteiger charge is -2.26. The molecule has 4 atom stereocenters. The zero-order valence-electron chi connectivity index (χ0n) is 24.3. The van der Waals surface area contributed by atoms with Gasteiger partial charge < -0.3 is 35.3 Å². The highest BCUT2D eigenvalue weighted by Gasteiger charge is 2.54. The maximum absolute atomic E-state index is 12.4. The van der Waals surface area contributed by atoms with Crippen LogP contribution in [0, 0.1) is 5.92 Å². The first-order valence-electron chi connectivity index (χ1n) is 14.0. The molecule has 1 saturated heterocycles. The number of nitrogen functional groups attached to an aromatic ring is 1. The number of nitrogens with two attached hydrogens (primary N) is 1. The lowest BCUT2D eigenvalue weighted by Crippen LogP contribution is -2.36. The Hall–Kier alpha value is -3.28. The first-order valence-corrected chi connectivity index (χ1v) is 14.0. The number of imidazole rings is 1. The molecule has 2 aliphatic rings. The van der Waals surface area contributed by atoms with Crippen molar-refractivity contribution in [1.29, 1.82) is 0 Å². The molecule has 1 aliphatic heterocycles. The van der Waals surface area contributed by atoms with Crippen LogP contribution in [-0.2, 0) is 14.9 Å². The molecule has 3 aromatic rings. The highest BCUT2D eigenvalue weighted by atomic mass is 16.8. The van der Waals surface area contributed by atoms with Crippen molar-refractivity contribution in [3.05, 3.63) is 42.5 Å². The van der Waals surface area contributed by atoms with Crippen molar-refractivity contribution in [1.82, 2.24) is 29.7 Å². The lowest BCUT2D eigenvalue weighted by molar-refractivity contribution is -0.160. The fourth-order valence-corrected chi connectivity index (χ4v) is 5.89. The van der Waals surface area contributed by atoms with Gasteiger partial charge in [0, 0.05) is 24.7 Å². The first kappa shape index (κ1) is 28.3. The van der Waals surface area contributed by atoms with Crippen LogP contribution in [0.1, 0.15) is 59.1 Å². The third-order valence-electron chi connectivity index (χ3n) is 7.85. The van der Waals surface area contributed by atoms with Gasteiger partial charge >= 0.3 is 6.03 Å². The van der Waals surface area contributed by atoms with Crippen molar-refractivity contribution in [2.24, 2.45) is 5.92 Å². The number of hydrogen-bond donors (Lipinski definition) is 3. The number of hydrogen-bond acceptors (Lipinski definition) is 8. The highest BCUT2D eigenvalue weighted by Crippen LogP contribution is 2.47. The van der Waals surface area contributed by atoms with Crippen LogP contribution in [0.5, 0.6) is 0 Å². The highest BCUT2D eigenvalue weighted by molar-refractivity contribution is 5.89. The second-order valence-corrected chi connectivity index (χ2v) is 12.5. The quantitative estimate of drug-likeness (QED) is 0.360. The molecule has 2 aromatic heterocycles. The van der Waals surface area contributed by atoms with Crippen molar-refractivity contribution in [2.45, 2.75) is 76.9 Å². The number of anilines is 2. The number of carbonyl (C=O) groups is 1. The van der Waals surface area contributed by atoms with Gasteiger partial charge in [0.25, 0.3) is 0 Å². The minimum Gasteiger partial charge on any atom is -0.382 e. The molecule has 0 spiro atoms. The van der Waals surface area contributed by atoms with E-state index >= 15 is 0 Å². The van der Waals surface area contributed by atoms with E-state index in [1.807, 2.05) is 26.0 Å². The van der Waals surface area contributed by atoms with Crippen molar-refractivity contribution >= 4 is 28.7 Å². The van der Waals surface area contributed by atoms with Gasteiger partial charge in [-0.1, -0.05) is 32.9 Å². The average Bonchev–Trinajstić information content (AvgIpc) is 3.54. The Bertz CT molecular complexity index is 1330. The molecule has 11 heteroatoms. The minimum atomic E-state index is -0.653. The number of rotatable bonds is 8. The van der Waals surface area contributed by atoms with Gasteiger partial charge in [-0.2, -0.15) is 0 Å². The normalized spacial score (nSPS) is 24.0. The van der Waals surface area contributed by atoms with E-state index in [0.29, 0.717) is 23.5 Å². The molecular formula is C29H42N8O3. The molecule has 4 N–H and O–H groups in total. The summed E-state index contributed by atoms with van der Waals surface area (Å²) in [6.45, 7) is 12.7. The van der Waals surface area contributed by atoms with Crippen LogP contribution < -0.4 is 16.4 Å². The average molecular weight is 551 g/mol. The maximum Gasteiger partial charge on any atom is 0.319 e. The summed E-state index contributed by atoms with van der Waals surface area (Å²) < 4.78 is 14.8. The Labute approximate surface area is 235 Å². The summed E-state index contributed by atoms with van der Waals surface area (Å²) in [6.07, 6.45) is 4.83. The Morgan fingerprint density at radius 3 is 2.60 bits per heavy atom. The van der Waals surface area contributed by atoms with Gasteiger partial charge in [-0.25, -0.2) is 19.7 Å². The number of benzene rings is 1. The third-order valence-corrected chi connectivity index (χ3v) is 7.85. The molecule has 3 heterocycles. The number of nitrogens with one attached hydrogen (secondary N) is 2. The molecule has 11 nitrogen and oxygen atoms in total. The van der Waals surface area contributed by atoms with Gasteiger partial charge in [0.2, 0.25) is 0 Å². The second-order valence-electron chi connectivity index (χ2n) is 12.5. The number of carbonyl (C=O) groups excluding carboxylic acids is 1. The number of aromatic nitrogens is 4. The number of nitrogens with zero attached hydrogens (tertiary/aromatic N) is 5. The van der Waals surface area contributed by atoms with E-state index in [-0.39, 0.29) is 35.6 Å². The van der Waals surface area contributed by atoms with Crippen LogP contribution >= 0.6 is 0 Å². The molecule has 1 aliphatic carbocycles. The molecule has 1 saturated carbocycles. The molecule has 5 rings (SSSR count). The molecular weight excluding hydrogens is 508 g/mol. The summed E-state index contributed by atoms with van der Waals surface area (Å²) in [5, 5.41) is 5.88. The number of urea groups is 1. The van der Waals surface area contributed by atoms with E-state index in [4.69, 9.17) is 15.2 Å². The topological polar surface area (TPSA) is 132 Å². The molecule has 2 fully saturated rings. The number of fused-ring (bicyclic) bond motifs is 2. The van der Waals surface area contributed by atoms with Gasteiger partial charge in [-0.05, 0) is 63.4 Å². The van der Waals surface area contributed by atoms with Gasteiger partial charge in [-0.15, -0.1) is 0 Å². The SMILES string of the molecule is CN(CCCNC(=O)Nc1ccc(C(C)(C)C)cc1)C[C@@H]1C[C@@H](n2cnc3c(N)ncnc32)[C@@H]2OC(C)(C)O[C@H]12. The minimum absolute atomic E-state index is 0.0345. The first-order chi connectivity index (χ1) is 18.9. The van der Waals surface area contributed by atoms with E-state index in [0.717, 1.165) is 31.6 Å². The second kappa shape index (κ2) is 10.9. The van der Waals surface area contributed by atoms with Gasteiger partial charge in [0.15, 0.2) is 17.3 Å². The van der Waals surface area contributed by atoms with E-state index < -0.39 is 5.79 Å². The molecule has 0 unspecified atom stereocenters. The van der Waals surface area contributed by atoms with Crippen LogP contribution in [0.4, 0.5) is 16.3 Å². The summed E-state index contributed by atoms with van der Waals surface area (Å²) in [4.78, 5) is 27.7. The van der Waals surface area contributed by atoms with Crippen molar-refractivity contribution in [3.63, 3.8) is 0 Å². The molecule has 0 bridgehead atoms. The van der Waals surface area contributed by atoms with Crippen molar-refractivity contribution in [3.8, 4) is 0 Å². The predicted molar refractivity (Wildman–Crippen MR) is 155 cm³/mol. The lowest BCUT2D eigenvalue weighted by atomic mass is 9.87. The Balaban J connectivity index is 1.12. The zero-order valence-corrected chi connectivity index (χ0v) is 24.3. The fourth-order valence-electron chi connectivity index (χ4n) is 5.89. The molecule has 0 radical (unpaired) electrons. The van der Waals surface area contributed by atoms with Gasteiger partial charge in [-0.3, -0.25) is 0 Å². The summed E-state index contributed by atoms with van der Waals surface area (Å²) in [7, 11) is 2.11. The third kappa shape index (κ3) is 6.06. The van der Waals surface area contributed by atoms with Gasteiger partial charge in [0.1, 0.15) is 17.9 Å². The van der Waals surface area contributed by atoms with Crippen LogP contribution in [-0.4, -0.2) is 75.1 Å². The standard InChI is InChI=1S/C29H42N8O3/c1-28(2,3)19-8-10-20(11-9-19)35-27(38)31-12-7-13-36(6)15-18-14-21(24-23(18)39-29(4,5)40-24)37-17-34-22-25(30)32-16-33-26(22)37/h8-11,16-18,21,23-24H,7,12-15H2,1-6H3,(H2,30,32,33)(H2,31,35,38)/t18-,21+,23+,24-/m0/s1. The fraction of sp³-hybridized carbons (Fsp3) is 0.586. The van der Waals surface area contributed by atoms with Crippen molar-refractivity contribution < 1.29 is 14.3 Å². The molecule has 2 amide bonds. The van der Waals surface area contributed by atoms with Gasteiger partial charge in [0.05, 0.1) is 18.5 Å². The monoisotopic (exact) mass is 550 g/mol. The number of amides is 2. The zero-order chi connectivity index (χ0) is 28.7. The van der Waals surface area contributed by atoms with Crippen LogP contribution in [0.2, 0.25) is 0 Å². The van der Waals surface area contributed by atoms with Crippen LogP contribution in [0.3, 0.4) is 0 Å². The summed E-state index contributed by atoms with van der Waals surface area (Å²) >= 11 is 0. The molecule has 216 valence electrons. The van der Waals surface area contributed by atoms with E-state index in [1.165, 1.54) is 11.9 Å². The van der Waals surface area contributed by atoms with Crippen LogP contribution in [0.15, 0.2) is 36.9 Å². The molecule has 40 heavy (non-hydrogen) atoms. The number of ether oxygens (including phenoxy) is 2. The Morgan fingerprint density at radius 1 is 1.15 bits per heavy atom. The molecule has 1 aromatic carbocycles. The Morgan fingerprint density at radius 2 is 1.88 bits per heavy atom. The Kier molecular flexibility index (Phi) is 7.73. The summed E-state index contributed by atoms with van der Waals surface area (Å²) in [5.74, 6) is -0.00971. The maximum atomic E-state index is 12.4. The summed E-state index contributed by atoms with van der Waals surface area (Å²) in [6, 6.07) is 7.85. The van der Waals surface area contributed by atoms with Crippen LogP contribution in [0.25, 0.3) is 11.2 Å². The van der Waals surface area contributed by atoms with E-state index in [9.17, 15) is 4.79 Å². The smallest absolute Gasteiger partial charge is 0.319 e. The van der Waals surface area contributed by atoms with Crippen molar-refractivity contribution in [2.75, 3.05) is 37.7 Å².